The van der Waals surface area contributed by atoms with Gasteiger partial charge in [-0.05, 0) is 50.5 Å². The predicted octanol–water partition coefficient (Wildman–Crippen LogP) is 2.20. The summed E-state index contributed by atoms with van der Waals surface area (Å²) in [7, 11) is 0. The van der Waals surface area contributed by atoms with Crippen LogP contribution in [0.25, 0.3) is 0 Å². The van der Waals surface area contributed by atoms with Crippen LogP contribution in [0.1, 0.15) is 30.0 Å². The number of carbonyl (C=O) groups is 1. The van der Waals surface area contributed by atoms with Crippen molar-refractivity contribution in [3.8, 4) is 5.75 Å². The summed E-state index contributed by atoms with van der Waals surface area (Å²) in [5, 5.41) is 3.30. The van der Waals surface area contributed by atoms with Crippen LogP contribution in [0.3, 0.4) is 0 Å². The molecule has 0 bridgehead atoms. The summed E-state index contributed by atoms with van der Waals surface area (Å²) < 4.78 is 5.83. The van der Waals surface area contributed by atoms with E-state index in [1.54, 1.807) is 0 Å². The molecule has 1 aliphatic heterocycles. The van der Waals surface area contributed by atoms with E-state index >= 15 is 0 Å². The van der Waals surface area contributed by atoms with Gasteiger partial charge in [0, 0.05) is 25.7 Å². The van der Waals surface area contributed by atoms with Gasteiger partial charge in [0.2, 0.25) is 5.91 Å². The standard InChI is InChI=1S/C17H26N2O2/c1-12-9-13(2)15(4)16(10-12)21-8-5-17(20)19-7-6-18-11-14(19)3/h9-10,14,18H,5-8,11H2,1-4H3/t14-/m0/s1. The van der Waals surface area contributed by atoms with Crippen LogP contribution in [0.2, 0.25) is 0 Å². The van der Waals surface area contributed by atoms with Crippen LogP contribution in [0.15, 0.2) is 12.1 Å². The number of rotatable bonds is 4. The van der Waals surface area contributed by atoms with Gasteiger partial charge in [0.15, 0.2) is 0 Å². The maximum absolute atomic E-state index is 12.2. The van der Waals surface area contributed by atoms with E-state index in [0.29, 0.717) is 13.0 Å². The molecule has 2 rings (SSSR count). The molecule has 0 spiro atoms. The smallest absolute Gasteiger partial charge is 0.226 e. The van der Waals surface area contributed by atoms with Crippen LogP contribution >= 0.6 is 0 Å². The summed E-state index contributed by atoms with van der Waals surface area (Å²) in [6.07, 6.45) is 0.441. The van der Waals surface area contributed by atoms with E-state index in [1.165, 1.54) is 11.1 Å². The van der Waals surface area contributed by atoms with Crippen LogP contribution in [0, 0.1) is 20.8 Å². The summed E-state index contributed by atoms with van der Waals surface area (Å²) in [5.41, 5.74) is 3.57. The molecule has 1 aromatic carbocycles. The molecule has 1 saturated heterocycles. The molecule has 1 atom stereocenters. The molecule has 4 nitrogen and oxygen atoms in total. The highest BCUT2D eigenvalue weighted by molar-refractivity contribution is 5.76. The molecule has 0 saturated carbocycles. The first-order chi connectivity index (χ1) is 9.99. The molecular weight excluding hydrogens is 264 g/mol. The third kappa shape index (κ3) is 3.97. The first-order valence-corrected chi connectivity index (χ1v) is 7.70. The van der Waals surface area contributed by atoms with Crippen LogP contribution in [-0.2, 0) is 4.79 Å². The van der Waals surface area contributed by atoms with Gasteiger partial charge in [0.05, 0.1) is 13.0 Å². The van der Waals surface area contributed by atoms with Gasteiger partial charge in [-0.1, -0.05) is 6.07 Å². The summed E-state index contributed by atoms with van der Waals surface area (Å²) >= 11 is 0. The number of amides is 1. The molecule has 1 heterocycles. The van der Waals surface area contributed by atoms with E-state index in [2.05, 4.69) is 39.1 Å². The monoisotopic (exact) mass is 290 g/mol. The number of ether oxygens (including phenoxy) is 1. The Morgan fingerprint density at radius 3 is 2.86 bits per heavy atom. The molecule has 1 N–H and O–H groups in total. The number of nitrogens with one attached hydrogen (secondary N) is 1. The van der Waals surface area contributed by atoms with Gasteiger partial charge in [0.1, 0.15) is 5.75 Å². The Morgan fingerprint density at radius 1 is 1.38 bits per heavy atom. The zero-order valence-corrected chi connectivity index (χ0v) is 13.5. The lowest BCUT2D eigenvalue weighted by molar-refractivity contribution is -0.134. The lowest BCUT2D eigenvalue weighted by Gasteiger charge is -2.34. The largest absolute Gasteiger partial charge is 0.493 e. The highest BCUT2D eigenvalue weighted by Gasteiger charge is 2.22. The van der Waals surface area contributed by atoms with Crippen molar-refractivity contribution in [1.82, 2.24) is 10.2 Å². The number of hydrogen-bond acceptors (Lipinski definition) is 3. The van der Waals surface area contributed by atoms with Gasteiger partial charge in [-0.2, -0.15) is 0 Å². The van der Waals surface area contributed by atoms with Gasteiger partial charge in [-0.15, -0.1) is 0 Å². The molecule has 1 amide bonds. The molecule has 1 aromatic rings. The molecule has 0 aliphatic carbocycles. The Hall–Kier alpha value is -1.55. The fraction of sp³-hybridized carbons (Fsp3) is 0.588. The highest BCUT2D eigenvalue weighted by Crippen LogP contribution is 2.23. The van der Waals surface area contributed by atoms with E-state index in [9.17, 15) is 4.79 Å². The van der Waals surface area contributed by atoms with Crippen LogP contribution in [-0.4, -0.2) is 43.1 Å². The molecule has 0 unspecified atom stereocenters. The van der Waals surface area contributed by atoms with Crippen molar-refractivity contribution in [3.63, 3.8) is 0 Å². The minimum absolute atomic E-state index is 0.186. The van der Waals surface area contributed by atoms with Crippen LogP contribution in [0.5, 0.6) is 5.75 Å². The van der Waals surface area contributed by atoms with Crippen molar-refractivity contribution in [2.24, 2.45) is 0 Å². The molecule has 0 radical (unpaired) electrons. The Kier molecular flexibility index (Phi) is 5.23. The van der Waals surface area contributed by atoms with Gasteiger partial charge in [0.25, 0.3) is 0 Å². The van der Waals surface area contributed by atoms with E-state index in [1.807, 2.05) is 11.0 Å². The lowest BCUT2D eigenvalue weighted by Crippen LogP contribution is -2.52. The molecule has 0 aromatic heterocycles. The fourth-order valence-electron chi connectivity index (χ4n) is 2.75. The molecule has 21 heavy (non-hydrogen) atoms. The molecular formula is C17H26N2O2. The molecule has 4 heteroatoms. The minimum Gasteiger partial charge on any atom is -0.493 e. The second kappa shape index (κ2) is 6.94. The normalized spacial score (nSPS) is 18.7. The zero-order chi connectivity index (χ0) is 15.4. The highest BCUT2D eigenvalue weighted by atomic mass is 16.5. The summed E-state index contributed by atoms with van der Waals surface area (Å²) in [6, 6.07) is 4.46. The van der Waals surface area contributed by atoms with Gasteiger partial charge in [-0.3, -0.25) is 4.79 Å². The number of piperazine rings is 1. The minimum atomic E-state index is 0.186. The first kappa shape index (κ1) is 15.8. The van der Waals surface area contributed by atoms with Crippen molar-refractivity contribution in [2.75, 3.05) is 26.2 Å². The van der Waals surface area contributed by atoms with Crippen molar-refractivity contribution in [2.45, 2.75) is 40.2 Å². The van der Waals surface area contributed by atoms with Crippen LogP contribution in [0.4, 0.5) is 0 Å². The number of nitrogens with zero attached hydrogens (tertiary/aromatic N) is 1. The molecule has 1 aliphatic rings. The Balaban J connectivity index is 1.88. The van der Waals surface area contributed by atoms with Gasteiger partial charge in [-0.25, -0.2) is 0 Å². The van der Waals surface area contributed by atoms with Crippen molar-refractivity contribution in [1.29, 1.82) is 0 Å². The Labute approximate surface area is 127 Å². The predicted molar refractivity (Wildman–Crippen MR) is 84.8 cm³/mol. The van der Waals surface area contributed by atoms with E-state index in [-0.39, 0.29) is 11.9 Å². The topological polar surface area (TPSA) is 41.6 Å². The lowest BCUT2D eigenvalue weighted by atomic mass is 10.1. The number of benzene rings is 1. The maximum atomic E-state index is 12.2. The van der Waals surface area contributed by atoms with Crippen molar-refractivity contribution < 1.29 is 9.53 Å². The zero-order valence-electron chi connectivity index (χ0n) is 13.5. The average molecular weight is 290 g/mol. The number of hydrogen-bond donors (Lipinski definition) is 1. The van der Waals surface area contributed by atoms with E-state index in [0.717, 1.165) is 30.9 Å². The maximum Gasteiger partial charge on any atom is 0.226 e. The quantitative estimate of drug-likeness (QED) is 0.924. The SMILES string of the molecule is Cc1cc(C)c(C)c(OCCC(=O)N2CCNC[C@@H]2C)c1. The second-order valence-electron chi connectivity index (χ2n) is 5.94. The number of carbonyl (C=O) groups excluding carboxylic acids is 1. The number of aryl methyl sites for hydroxylation is 2. The summed E-state index contributed by atoms with van der Waals surface area (Å²) in [5.74, 6) is 1.08. The van der Waals surface area contributed by atoms with Crippen LogP contribution < -0.4 is 10.1 Å². The van der Waals surface area contributed by atoms with E-state index < -0.39 is 0 Å². The van der Waals surface area contributed by atoms with E-state index in [4.69, 9.17) is 4.74 Å². The third-order valence-electron chi connectivity index (χ3n) is 4.16. The first-order valence-electron chi connectivity index (χ1n) is 7.70. The summed E-state index contributed by atoms with van der Waals surface area (Å²) in [6.45, 7) is 11.3. The summed E-state index contributed by atoms with van der Waals surface area (Å²) in [4.78, 5) is 14.2. The van der Waals surface area contributed by atoms with Crippen molar-refractivity contribution in [3.05, 3.63) is 28.8 Å². The molecule has 1 fully saturated rings. The van der Waals surface area contributed by atoms with Crippen molar-refractivity contribution >= 4 is 5.91 Å². The Bertz CT molecular complexity index is 514. The molecule has 116 valence electrons. The Morgan fingerprint density at radius 2 is 2.14 bits per heavy atom. The fourth-order valence-corrected chi connectivity index (χ4v) is 2.75. The van der Waals surface area contributed by atoms with Gasteiger partial charge >= 0.3 is 0 Å². The third-order valence-corrected chi connectivity index (χ3v) is 4.16. The average Bonchev–Trinajstić information content (AvgIpc) is 2.44. The van der Waals surface area contributed by atoms with Gasteiger partial charge < -0.3 is 15.0 Å². The second-order valence-corrected chi connectivity index (χ2v) is 5.94.